The Hall–Kier alpha value is -2.36. The van der Waals surface area contributed by atoms with Crippen molar-refractivity contribution in [1.82, 2.24) is 5.32 Å². The summed E-state index contributed by atoms with van der Waals surface area (Å²) in [5.41, 5.74) is 3.57. The summed E-state index contributed by atoms with van der Waals surface area (Å²) in [6.07, 6.45) is 4.09. The SMILES string of the molecule is CC(Oc1ccc2c(c1)CCCC2)C(=O)NCc1ccc(F)cc1. The first kappa shape index (κ1) is 16.5. The Morgan fingerprint density at radius 2 is 1.83 bits per heavy atom. The van der Waals surface area contributed by atoms with Gasteiger partial charge in [-0.3, -0.25) is 4.79 Å². The van der Waals surface area contributed by atoms with Gasteiger partial charge in [0.15, 0.2) is 6.10 Å². The maximum absolute atomic E-state index is 12.9. The van der Waals surface area contributed by atoms with Crippen LogP contribution in [0.4, 0.5) is 4.39 Å². The van der Waals surface area contributed by atoms with E-state index in [0.717, 1.165) is 24.2 Å². The van der Waals surface area contributed by atoms with Crippen molar-refractivity contribution in [3.8, 4) is 5.75 Å². The van der Waals surface area contributed by atoms with Crippen LogP contribution in [0.3, 0.4) is 0 Å². The van der Waals surface area contributed by atoms with Crippen molar-refractivity contribution in [2.45, 2.75) is 45.3 Å². The fourth-order valence-electron chi connectivity index (χ4n) is 2.98. The van der Waals surface area contributed by atoms with Crippen molar-refractivity contribution < 1.29 is 13.9 Å². The smallest absolute Gasteiger partial charge is 0.261 e. The second-order valence-electron chi connectivity index (χ2n) is 6.24. The molecule has 0 aromatic heterocycles. The van der Waals surface area contributed by atoms with Gasteiger partial charge in [0.05, 0.1) is 0 Å². The van der Waals surface area contributed by atoms with Gasteiger partial charge in [0, 0.05) is 6.54 Å². The molecule has 1 atom stereocenters. The molecule has 2 aromatic rings. The average Bonchev–Trinajstić information content (AvgIpc) is 2.61. The molecule has 0 heterocycles. The molecule has 0 bridgehead atoms. The quantitative estimate of drug-likeness (QED) is 0.907. The Morgan fingerprint density at radius 3 is 2.58 bits per heavy atom. The van der Waals surface area contributed by atoms with Crippen LogP contribution in [0.1, 0.15) is 36.5 Å². The molecule has 3 rings (SSSR count). The van der Waals surface area contributed by atoms with Gasteiger partial charge in [0.25, 0.3) is 5.91 Å². The summed E-state index contributed by atoms with van der Waals surface area (Å²) in [6.45, 7) is 2.09. The molecule has 0 saturated heterocycles. The third-order valence-corrected chi connectivity index (χ3v) is 4.38. The van der Waals surface area contributed by atoms with E-state index in [-0.39, 0.29) is 11.7 Å². The first-order chi connectivity index (χ1) is 11.6. The number of nitrogens with one attached hydrogen (secondary N) is 1. The van der Waals surface area contributed by atoms with Crippen LogP contribution in [-0.2, 0) is 24.2 Å². The van der Waals surface area contributed by atoms with E-state index in [0.29, 0.717) is 6.54 Å². The number of aryl methyl sites for hydroxylation is 2. The Morgan fingerprint density at radius 1 is 1.12 bits per heavy atom. The molecule has 1 unspecified atom stereocenters. The van der Waals surface area contributed by atoms with Gasteiger partial charge in [0.1, 0.15) is 11.6 Å². The monoisotopic (exact) mass is 327 g/mol. The van der Waals surface area contributed by atoms with E-state index in [4.69, 9.17) is 4.74 Å². The zero-order valence-corrected chi connectivity index (χ0v) is 13.8. The van der Waals surface area contributed by atoms with E-state index in [2.05, 4.69) is 17.4 Å². The largest absolute Gasteiger partial charge is 0.481 e. The number of carbonyl (C=O) groups excluding carboxylic acids is 1. The van der Waals surface area contributed by atoms with E-state index in [9.17, 15) is 9.18 Å². The molecule has 0 aliphatic heterocycles. The van der Waals surface area contributed by atoms with Gasteiger partial charge in [-0.1, -0.05) is 18.2 Å². The van der Waals surface area contributed by atoms with Crippen molar-refractivity contribution >= 4 is 5.91 Å². The van der Waals surface area contributed by atoms with Crippen molar-refractivity contribution in [3.63, 3.8) is 0 Å². The molecule has 126 valence electrons. The van der Waals surface area contributed by atoms with Gasteiger partial charge in [-0.15, -0.1) is 0 Å². The third-order valence-electron chi connectivity index (χ3n) is 4.38. The number of amides is 1. The molecule has 0 radical (unpaired) electrons. The summed E-state index contributed by atoms with van der Waals surface area (Å²) in [4.78, 5) is 12.2. The van der Waals surface area contributed by atoms with E-state index in [1.165, 1.54) is 36.1 Å². The van der Waals surface area contributed by atoms with Gasteiger partial charge >= 0.3 is 0 Å². The zero-order chi connectivity index (χ0) is 16.9. The highest BCUT2D eigenvalue weighted by Gasteiger charge is 2.16. The van der Waals surface area contributed by atoms with Crippen LogP contribution in [0.5, 0.6) is 5.75 Å². The minimum Gasteiger partial charge on any atom is -0.481 e. The van der Waals surface area contributed by atoms with E-state index >= 15 is 0 Å². The lowest BCUT2D eigenvalue weighted by atomic mass is 9.92. The number of benzene rings is 2. The molecular weight excluding hydrogens is 305 g/mol. The van der Waals surface area contributed by atoms with Crippen molar-refractivity contribution in [2.75, 3.05) is 0 Å². The molecular formula is C20H22FNO2. The summed E-state index contributed by atoms with van der Waals surface area (Å²) in [6, 6.07) is 12.2. The maximum Gasteiger partial charge on any atom is 0.261 e. The Bertz CT molecular complexity index is 712. The molecule has 0 saturated carbocycles. The van der Waals surface area contributed by atoms with Crippen molar-refractivity contribution in [2.24, 2.45) is 0 Å². The highest BCUT2D eigenvalue weighted by atomic mass is 19.1. The molecule has 1 aliphatic rings. The van der Waals surface area contributed by atoms with Gasteiger partial charge < -0.3 is 10.1 Å². The molecule has 0 fully saturated rings. The molecule has 2 aromatic carbocycles. The highest BCUT2D eigenvalue weighted by Crippen LogP contribution is 2.25. The summed E-state index contributed by atoms with van der Waals surface area (Å²) >= 11 is 0. The van der Waals surface area contributed by atoms with E-state index < -0.39 is 6.10 Å². The number of carbonyl (C=O) groups is 1. The summed E-state index contributed by atoms with van der Waals surface area (Å²) in [5.74, 6) is 0.270. The topological polar surface area (TPSA) is 38.3 Å². The van der Waals surface area contributed by atoms with Crippen LogP contribution >= 0.6 is 0 Å². The molecule has 4 heteroatoms. The molecule has 1 amide bonds. The fraction of sp³-hybridized carbons (Fsp3) is 0.350. The van der Waals surface area contributed by atoms with Gasteiger partial charge in [-0.25, -0.2) is 4.39 Å². The number of hydrogen-bond donors (Lipinski definition) is 1. The van der Waals surface area contributed by atoms with Gasteiger partial charge in [0.2, 0.25) is 0 Å². The molecule has 1 aliphatic carbocycles. The van der Waals surface area contributed by atoms with E-state index in [1.54, 1.807) is 19.1 Å². The number of fused-ring (bicyclic) bond motifs is 1. The maximum atomic E-state index is 12.9. The fourth-order valence-corrected chi connectivity index (χ4v) is 2.98. The molecule has 1 N–H and O–H groups in total. The number of rotatable bonds is 5. The lowest BCUT2D eigenvalue weighted by Gasteiger charge is -2.19. The van der Waals surface area contributed by atoms with Crippen LogP contribution in [0, 0.1) is 5.82 Å². The summed E-state index contributed by atoms with van der Waals surface area (Å²) < 4.78 is 18.6. The highest BCUT2D eigenvalue weighted by molar-refractivity contribution is 5.80. The van der Waals surface area contributed by atoms with Gasteiger partial charge in [-0.2, -0.15) is 0 Å². The van der Waals surface area contributed by atoms with Crippen LogP contribution in [-0.4, -0.2) is 12.0 Å². The summed E-state index contributed by atoms with van der Waals surface area (Å²) in [5, 5.41) is 2.81. The molecule has 0 spiro atoms. The van der Waals surface area contributed by atoms with Gasteiger partial charge in [-0.05, 0) is 73.6 Å². The minimum atomic E-state index is -0.577. The minimum absolute atomic E-state index is 0.183. The van der Waals surface area contributed by atoms with Crippen LogP contribution in [0.2, 0.25) is 0 Å². The number of halogens is 1. The summed E-state index contributed by atoms with van der Waals surface area (Å²) in [7, 11) is 0. The third kappa shape index (κ3) is 4.13. The number of hydrogen-bond acceptors (Lipinski definition) is 2. The Labute approximate surface area is 141 Å². The predicted molar refractivity (Wildman–Crippen MR) is 91.4 cm³/mol. The number of ether oxygens (including phenoxy) is 1. The lowest BCUT2D eigenvalue weighted by Crippen LogP contribution is -2.35. The standard InChI is InChI=1S/C20H22FNO2/c1-14(20(23)22-13-15-6-9-18(21)10-7-15)24-19-11-8-16-4-2-3-5-17(16)12-19/h6-12,14H,2-5,13H2,1H3,(H,22,23). The second-order valence-corrected chi connectivity index (χ2v) is 6.24. The lowest BCUT2D eigenvalue weighted by molar-refractivity contribution is -0.127. The average molecular weight is 327 g/mol. The van der Waals surface area contributed by atoms with Crippen LogP contribution in [0.25, 0.3) is 0 Å². The predicted octanol–water partition coefficient (Wildman–Crippen LogP) is 3.79. The first-order valence-corrected chi connectivity index (χ1v) is 8.42. The molecule has 3 nitrogen and oxygen atoms in total. The van der Waals surface area contributed by atoms with Crippen molar-refractivity contribution in [3.05, 3.63) is 65.0 Å². The first-order valence-electron chi connectivity index (χ1n) is 8.42. The van der Waals surface area contributed by atoms with Crippen molar-refractivity contribution in [1.29, 1.82) is 0 Å². The normalized spacial score (nSPS) is 14.6. The zero-order valence-electron chi connectivity index (χ0n) is 13.8. The second kappa shape index (κ2) is 7.47. The Kier molecular flexibility index (Phi) is 5.14. The van der Waals surface area contributed by atoms with Crippen LogP contribution in [0.15, 0.2) is 42.5 Å². The molecule has 24 heavy (non-hydrogen) atoms. The van der Waals surface area contributed by atoms with E-state index in [1.807, 2.05) is 6.07 Å². The van der Waals surface area contributed by atoms with Crippen LogP contribution < -0.4 is 10.1 Å². The Balaban J connectivity index is 1.55.